The van der Waals surface area contributed by atoms with Crippen molar-refractivity contribution in [1.29, 1.82) is 0 Å². The lowest BCUT2D eigenvalue weighted by atomic mass is 9.93. The Balaban J connectivity index is 1.85. The van der Waals surface area contributed by atoms with Crippen LogP contribution in [-0.2, 0) is 4.74 Å². The number of rotatable bonds is 5. The van der Waals surface area contributed by atoms with Crippen LogP contribution in [0.25, 0.3) is 0 Å². The number of ether oxygens (including phenoxy) is 1. The third-order valence-corrected chi connectivity index (χ3v) is 5.53. The lowest BCUT2D eigenvalue weighted by molar-refractivity contribution is 0.0230. The standard InChI is InChI=1S/C21H38N6O2/c1-16-9-12-26(14-18(16)27-13-11-23-15-27)19(22-6)24-10-8-17(2)25(7)20(28)29-21(3,4)5/h11,13,15-18H,8-10,12,14H2,1-7H3,(H,22,24). The van der Waals surface area contributed by atoms with E-state index >= 15 is 0 Å². The van der Waals surface area contributed by atoms with Gasteiger partial charge < -0.3 is 24.4 Å². The van der Waals surface area contributed by atoms with Gasteiger partial charge in [-0.2, -0.15) is 0 Å². The summed E-state index contributed by atoms with van der Waals surface area (Å²) in [5.41, 5.74) is -0.484. The van der Waals surface area contributed by atoms with Crippen LogP contribution in [0.2, 0.25) is 0 Å². The first kappa shape index (κ1) is 23.0. The third-order valence-electron chi connectivity index (χ3n) is 5.53. The molecule has 3 unspecified atom stereocenters. The highest BCUT2D eigenvalue weighted by molar-refractivity contribution is 5.80. The maximum Gasteiger partial charge on any atom is 0.410 e. The van der Waals surface area contributed by atoms with Gasteiger partial charge in [-0.05, 0) is 46.5 Å². The number of imidazole rings is 1. The van der Waals surface area contributed by atoms with E-state index in [-0.39, 0.29) is 12.1 Å². The molecule has 1 aliphatic heterocycles. The van der Waals surface area contributed by atoms with Crippen LogP contribution in [0, 0.1) is 5.92 Å². The molecule has 1 aliphatic rings. The summed E-state index contributed by atoms with van der Waals surface area (Å²) in [4.78, 5) is 24.9. The van der Waals surface area contributed by atoms with Crippen LogP contribution in [0.5, 0.6) is 0 Å². The quantitative estimate of drug-likeness (QED) is 0.601. The summed E-state index contributed by atoms with van der Waals surface area (Å²) >= 11 is 0. The molecule has 0 aliphatic carbocycles. The summed E-state index contributed by atoms with van der Waals surface area (Å²) in [5.74, 6) is 1.51. The number of aliphatic imine (C=N–C) groups is 1. The predicted octanol–water partition coefficient (Wildman–Crippen LogP) is 2.99. The lowest BCUT2D eigenvalue weighted by Gasteiger charge is -2.39. The average Bonchev–Trinajstić information content (AvgIpc) is 3.18. The van der Waals surface area contributed by atoms with Gasteiger partial charge in [0.2, 0.25) is 0 Å². The van der Waals surface area contributed by atoms with Gasteiger partial charge in [0, 0.05) is 52.2 Å². The molecule has 0 bridgehead atoms. The molecule has 0 spiro atoms. The molecule has 1 aromatic heterocycles. The molecule has 1 amide bonds. The number of hydrogen-bond acceptors (Lipinski definition) is 4. The molecule has 1 saturated heterocycles. The van der Waals surface area contributed by atoms with Crippen LogP contribution in [0.1, 0.15) is 53.5 Å². The molecular formula is C21H38N6O2. The third kappa shape index (κ3) is 6.65. The number of nitrogens with zero attached hydrogens (tertiary/aromatic N) is 5. The summed E-state index contributed by atoms with van der Waals surface area (Å²) in [6, 6.07) is 0.456. The van der Waals surface area contributed by atoms with Crippen LogP contribution >= 0.6 is 0 Å². The van der Waals surface area contributed by atoms with Gasteiger partial charge >= 0.3 is 6.09 Å². The summed E-state index contributed by atoms with van der Waals surface area (Å²) in [6.45, 7) is 12.6. The number of aromatic nitrogens is 2. The van der Waals surface area contributed by atoms with Crippen LogP contribution in [0.4, 0.5) is 4.79 Å². The number of nitrogens with one attached hydrogen (secondary N) is 1. The number of amides is 1. The van der Waals surface area contributed by atoms with Crippen molar-refractivity contribution >= 4 is 12.1 Å². The van der Waals surface area contributed by atoms with Crippen LogP contribution in [0.15, 0.2) is 23.7 Å². The van der Waals surface area contributed by atoms with Gasteiger partial charge in [-0.1, -0.05) is 6.92 Å². The molecule has 29 heavy (non-hydrogen) atoms. The van der Waals surface area contributed by atoms with Crippen molar-refractivity contribution in [3.05, 3.63) is 18.7 Å². The molecule has 0 saturated carbocycles. The Hall–Kier alpha value is -2.25. The summed E-state index contributed by atoms with van der Waals surface area (Å²) in [6.07, 6.45) is 7.40. The van der Waals surface area contributed by atoms with E-state index in [0.29, 0.717) is 12.0 Å². The van der Waals surface area contributed by atoms with Gasteiger partial charge in [-0.25, -0.2) is 9.78 Å². The van der Waals surface area contributed by atoms with Crippen molar-refractivity contribution in [3.63, 3.8) is 0 Å². The molecule has 2 rings (SSSR count). The highest BCUT2D eigenvalue weighted by Gasteiger charge is 2.29. The highest BCUT2D eigenvalue weighted by Crippen LogP contribution is 2.27. The molecule has 1 N–H and O–H groups in total. The van der Waals surface area contributed by atoms with E-state index < -0.39 is 5.60 Å². The van der Waals surface area contributed by atoms with Gasteiger partial charge in [0.1, 0.15) is 5.60 Å². The summed E-state index contributed by atoms with van der Waals surface area (Å²) in [5, 5.41) is 3.47. The van der Waals surface area contributed by atoms with Crippen molar-refractivity contribution in [2.75, 3.05) is 33.7 Å². The Morgan fingerprint density at radius 2 is 2.17 bits per heavy atom. The minimum atomic E-state index is -0.484. The number of hydrogen-bond donors (Lipinski definition) is 1. The van der Waals surface area contributed by atoms with Crippen LogP contribution in [0.3, 0.4) is 0 Å². The normalized spacial score (nSPS) is 21.6. The maximum atomic E-state index is 12.2. The van der Waals surface area contributed by atoms with Gasteiger partial charge in [-0.15, -0.1) is 0 Å². The number of carbonyl (C=O) groups is 1. The molecule has 0 aromatic carbocycles. The molecule has 164 valence electrons. The molecule has 3 atom stereocenters. The SMILES string of the molecule is CN=C(NCCC(C)N(C)C(=O)OC(C)(C)C)N1CCC(C)C(n2ccnc2)C1. The number of guanidine groups is 1. The van der Waals surface area contributed by atoms with Crippen molar-refractivity contribution in [2.45, 2.75) is 65.1 Å². The first-order valence-electron chi connectivity index (χ1n) is 10.5. The number of likely N-dealkylation sites (tertiary alicyclic amines) is 1. The van der Waals surface area contributed by atoms with Crippen molar-refractivity contribution in [3.8, 4) is 0 Å². The minimum absolute atomic E-state index is 0.0653. The molecule has 1 fully saturated rings. The van der Waals surface area contributed by atoms with Crippen molar-refractivity contribution in [2.24, 2.45) is 10.9 Å². The van der Waals surface area contributed by atoms with Gasteiger partial charge in [-0.3, -0.25) is 4.99 Å². The fourth-order valence-corrected chi connectivity index (χ4v) is 3.53. The zero-order valence-corrected chi connectivity index (χ0v) is 19.1. The van der Waals surface area contributed by atoms with E-state index in [2.05, 4.69) is 31.7 Å². The Labute approximate surface area is 175 Å². The van der Waals surface area contributed by atoms with Gasteiger partial charge in [0.15, 0.2) is 5.96 Å². The second kappa shape index (κ2) is 9.98. The zero-order valence-electron chi connectivity index (χ0n) is 19.1. The topological polar surface area (TPSA) is 75.0 Å². The minimum Gasteiger partial charge on any atom is -0.444 e. The largest absolute Gasteiger partial charge is 0.444 e. The van der Waals surface area contributed by atoms with Crippen LogP contribution < -0.4 is 5.32 Å². The number of carbonyl (C=O) groups excluding carboxylic acids is 1. The molecule has 2 heterocycles. The van der Waals surface area contributed by atoms with Gasteiger partial charge in [0.25, 0.3) is 0 Å². The maximum absolute atomic E-state index is 12.2. The molecule has 0 radical (unpaired) electrons. The highest BCUT2D eigenvalue weighted by atomic mass is 16.6. The molecule has 8 heteroatoms. The zero-order chi connectivity index (χ0) is 21.6. The summed E-state index contributed by atoms with van der Waals surface area (Å²) in [7, 11) is 3.61. The molecular weight excluding hydrogens is 368 g/mol. The first-order valence-corrected chi connectivity index (χ1v) is 10.5. The van der Waals surface area contributed by atoms with E-state index in [9.17, 15) is 4.79 Å². The fourth-order valence-electron chi connectivity index (χ4n) is 3.53. The number of piperidine rings is 1. The van der Waals surface area contributed by atoms with E-state index in [4.69, 9.17) is 4.74 Å². The Bertz CT molecular complexity index is 667. The molecule has 8 nitrogen and oxygen atoms in total. The van der Waals surface area contributed by atoms with Gasteiger partial charge in [0.05, 0.1) is 12.4 Å². The Morgan fingerprint density at radius 1 is 1.45 bits per heavy atom. The second-order valence-electron chi connectivity index (χ2n) is 8.99. The first-order chi connectivity index (χ1) is 13.6. The summed E-state index contributed by atoms with van der Waals surface area (Å²) < 4.78 is 7.65. The average molecular weight is 407 g/mol. The second-order valence-corrected chi connectivity index (χ2v) is 8.99. The fraction of sp³-hybridized carbons (Fsp3) is 0.762. The van der Waals surface area contributed by atoms with Crippen LogP contribution in [-0.4, -0.2) is 76.8 Å². The Morgan fingerprint density at radius 3 is 2.76 bits per heavy atom. The predicted molar refractivity (Wildman–Crippen MR) is 116 cm³/mol. The lowest BCUT2D eigenvalue weighted by Crippen LogP contribution is -2.49. The van der Waals surface area contributed by atoms with E-state index in [1.54, 1.807) is 11.9 Å². The van der Waals surface area contributed by atoms with Crippen molar-refractivity contribution in [1.82, 2.24) is 24.7 Å². The Kier molecular flexibility index (Phi) is 7.93. The van der Waals surface area contributed by atoms with Crippen molar-refractivity contribution < 1.29 is 9.53 Å². The van der Waals surface area contributed by atoms with E-state index in [0.717, 1.165) is 38.4 Å². The smallest absolute Gasteiger partial charge is 0.410 e. The van der Waals surface area contributed by atoms with E-state index in [1.807, 2.05) is 53.5 Å². The molecule has 1 aromatic rings. The monoisotopic (exact) mass is 406 g/mol. The van der Waals surface area contributed by atoms with E-state index in [1.165, 1.54) is 0 Å².